The fourth-order valence-corrected chi connectivity index (χ4v) is 3.66. The summed E-state index contributed by atoms with van der Waals surface area (Å²) in [5.41, 5.74) is 1.34. The average molecular weight is 339 g/mol. The molecule has 120 valence electrons. The highest BCUT2D eigenvalue weighted by molar-refractivity contribution is 7.11. The van der Waals surface area contributed by atoms with Crippen LogP contribution in [0.3, 0.4) is 0 Å². The minimum Gasteiger partial charge on any atom is -0.314 e. The van der Waals surface area contributed by atoms with Crippen LogP contribution in [0, 0.1) is 0 Å². The topological polar surface area (TPSA) is 41.1 Å². The second kappa shape index (κ2) is 8.02. The summed E-state index contributed by atoms with van der Waals surface area (Å²) >= 11 is 1.85. The Morgan fingerprint density at radius 3 is 2.82 bits per heavy atom. The van der Waals surface area contributed by atoms with Crippen molar-refractivity contribution in [3.05, 3.63) is 46.2 Å². The lowest BCUT2D eigenvalue weighted by atomic mass is 10.0. The van der Waals surface area contributed by atoms with E-state index in [0.717, 1.165) is 26.2 Å². The summed E-state index contributed by atoms with van der Waals surface area (Å²) in [6.45, 7) is 8.51. The number of hydrogen-bond acceptors (Lipinski definition) is 5. The first kappa shape index (κ1) is 17.3. The molecule has 0 bridgehead atoms. The summed E-state index contributed by atoms with van der Waals surface area (Å²) in [7, 11) is 0. The molecule has 1 aliphatic rings. The van der Waals surface area contributed by atoms with E-state index in [1.807, 2.05) is 29.9 Å². The lowest BCUT2D eigenvalue weighted by Crippen LogP contribution is -2.45. The van der Waals surface area contributed by atoms with E-state index in [1.165, 1.54) is 15.4 Å². The Hall–Kier alpha value is -1.01. The minimum atomic E-state index is 0. The number of pyridine rings is 1. The van der Waals surface area contributed by atoms with Gasteiger partial charge in [0.2, 0.25) is 0 Å². The Kier molecular flexibility index (Phi) is 6.32. The van der Waals surface area contributed by atoms with Crippen LogP contribution < -0.4 is 5.32 Å². The lowest BCUT2D eigenvalue weighted by molar-refractivity contribution is 0.155. The van der Waals surface area contributed by atoms with Crippen molar-refractivity contribution in [3.8, 4) is 0 Å². The van der Waals surface area contributed by atoms with Gasteiger partial charge < -0.3 is 5.32 Å². The molecule has 1 fully saturated rings. The van der Waals surface area contributed by atoms with Gasteiger partial charge in [-0.2, -0.15) is 0 Å². The normalized spacial score (nSPS) is 19.1. The first-order chi connectivity index (χ1) is 10.2. The quantitative estimate of drug-likeness (QED) is 0.929. The zero-order chi connectivity index (χ0) is 14.7. The number of nitrogens with one attached hydrogen (secondary N) is 1. The first-order valence-electron chi connectivity index (χ1n) is 7.53. The number of rotatable bonds is 4. The van der Waals surface area contributed by atoms with Crippen LogP contribution in [0.4, 0.5) is 0 Å². The molecule has 3 rings (SSSR count). The van der Waals surface area contributed by atoms with Gasteiger partial charge in [0.15, 0.2) is 0 Å². The van der Waals surface area contributed by atoms with Crippen LogP contribution in [0.5, 0.6) is 0 Å². The highest BCUT2D eigenvalue weighted by atomic mass is 35.5. The molecule has 0 saturated carbocycles. The predicted octanol–water partition coefficient (Wildman–Crippen LogP) is 3.23. The molecular formula is C16H23ClN4S. The second-order valence-corrected chi connectivity index (χ2v) is 6.94. The zero-order valence-corrected chi connectivity index (χ0v) is 14.7. The molecule has 1 N–H and O–H groups in total. The number of piperazine rings is 1. The molecule has 0 aliphatic carbocycles. The molecule has 6 heteroatoms. The number of thiazole rings is 1. The predicted molar refractivity (Wildman–Crippen MR) is 93.7 cm³/mol. The number of nitrogens with zero attached hydrogens (tertiary/aromatic N) is 3. The van der Waals surface area contributed by atoms with Crippen molar-refractivity contribution >= 4 is 23.7 Å². The fourth-order valence-electron chi connectivity index (χ4n) is 2.71. The highest BCUT2D eigenvalue weighted by Gasteiger charge is 2.24. The summed E-state index contributed by atoms with van der Waals surface area (Å²) in [6, 6.07) is 4.67. The summed E-state index contributed by atoms with van der Waals surface area (Å²) in [6.07, 6.45) is 5.81. The minimum absolute atomic E-state index is 0. The smallest absolute Gasteiger partial charge is 0.0953 e. The van der Waals surface area contributed by atoms with Crippen LogP contribution in [0.2, 0.25) is 0 Å². The zero-order valence-electron chi connectivity index (χ0n) is 13.0. The molecule has 3 heterocycles. The third-order valence-electron chi connectivity index (χ3n) is 3.87. The molecular weight excluding hydrogens is 316 g/mol. The molecule has 0 amide bonds. The molecule has 1 atom stereocenters. The molecule has 0 spiro atoms. The van der Waals surface area contributed by atoms with Gasteiger partial charge in [0.25, 0.3) is 0 Å². The summed E-state index contributed by atoms with van der Waals surface area (Å²) in [4.78, 5) is 12.6. The Morgan fingerprint density at radius 2 is 2.14 bits per heavy atom. The van der Waals surface area contributed by atoms with Crippen LogP contribution in [-0.4, -0.2) is 34.5 Å². The monoisotopic (exact) mass is 338 g/mol. The summed E-state index contributed by atoms with van der Waals surface area (Å²) in [5, 5.41) is 4.73. The molecule has 1 saturated heterocycles. The van der Waals surface area contributed by atoms with E-state index in [-0.39, 0.29) is 12.4 Å². The molecule has 2 aromatic rings. The summed E-state index contributed by atoms with van der Waals surface area (Å²) in [5.74, 6) is 0.516. The van der Waals surface area contributed by atoms with Crippen molar-refractivity contribution < 1.29 is 0 Å². The van der Waals surface area contributed by atoms with E-state index in [4.69, 9.17) is 0 Å². The van der Waals surface area contributed by atoms with Crippen molar-refractivity contribution in [2.45, 2.75) is 32.4 Å². The molecule has 0 radical (unpaired) electrons. The maximum absolute atomic E-state index is 4.55. The maximum atomic E-state index is 4.55. The molecule has 2 aromatic heterocycles. The van der Waals surface area contributed by atoms with Gasteiger partial charge in [0.05, 0.1) is 5.01 Å². The van der Waals surface area contributed by atoms with E-state index in [2.05, 4.69) is 46.2 Å². The van der Waals surface area contributed by atoms with Gasteiger partial charge in [-0.1, -0.05) is 13.8 Å². The van der Waals surface area contributed by atoms with Crippen LogP contribution >= 0.6 is 23.7 Å². The molecule has 1 aliphatic heterocycles. The van der Waals surface area contributed by atoms with E-state index in [9.17, 15) is 0 Å². The third kappa shape index (κ3) is 4.04. The average Bonchev–Trinajstić information content (AvgIpc) is 2.98. The van der Waals surface area contributed by atoms with Crippen molar-refractivity contribution in [1.82, 2.24) is 20.2 Å². The Labute approximate surface area is 142 Å². The Bertz CT molecular complexity index is 573. The number of aromatic nitrogens is 2. The SMILES string of the molecule is CC(C)c1ncc(CN2CCNCC2c2ccncc2)s1.Cl. The van der Waals surface area contributed by atoms with E-state index >= 15 is 0 Å². The third-order valence-corrected chi connectivity index (χ3v) is 5.15. The standard InChI is InChI=1S/C16H22N4S.ClH/c1-12(2)16-19-9-14(21-16)11-20-8-7-18-10-15(20)13-3-5-17-6-4-13;/h3-6,9,12,15,18H,7-8,10-11H2,1-2H3;1H. The lowest BCUT2D eigenvalue weighted by Gasteiger charge is -2.36. The van der Waals surface area contributed by atoms with Crippen LogP contribution in [0.15, 0.2) is 30.7 Å². The second-order valence-electron chi connectivity index (χ2n) is 5.79. The maximum Gasteiger partial charge on any atom is 0.0953 e. The van der Waals surface area contributed by atoms with Gasteiger partial charge in [-0.3, -0.25) is 9.88 Å². The van der Waals surface area contributed by atoms with Crippen LogP contribution in [0.25, 0.3) is 0 Å². The van der Waals surface area contributed by atoms with E-state index in [0.29, 0.717) is 12.0 Å². The summed E-state index contributed by atoms with van der Waals surface area (Å²) < 4.78 is 0. The van der Waals surface area contributed by atoms with Gasteiger partial charge >= 0.3 is 0 Å². The highest BCUT2D eigenvalue weighted by Crippen LogP contribution is 2.27. The number of halogens is 1. The Balaban J connectivity index is 0.00000176. The van der Waals surface area contributed by atoms with E-state index < -0.39 is 0 Å². The van der Waals surface area contributed by atoms with Gasteiger partial charge in [0.1, 0.15) is 0 Å². The van der Waals surface area contributed by atoms with Crippen molar-refractivity contribution in [3.63, 3.8) is 0 Å². The van der Waals surface area contributed by atoms with Crippen LogP contribution in [-0.2, 0) is 6.54 Å². The Morgan fingerprint density at radius 1 is 1.36 bits per heavy atom. The molecule has 22 heavy (non-hydrogen) atoms. The van der Waals surface area contributed by atoms with Crippen molar-refractivity contribution in [2.24, 2.45) is 0 Å². The molecule has 0 aromatic carbocycles. The van der Waals surface area contributed by atoms with Gasteiger partial charge in [-0.25, -0.2) is 4.98 Å². The van der Waals surface area contributed by atoms with Crippen molar-refractivity contribution in [2.75, 3.05) is 19.6 Å². The van der Waals surface area contributed by atoms with Gasteiger partial charge in [-0.15, -0.1) is 23.7 Å². The van der Waals surface area contributed by atoms with Gasteiger partial charge in [0, 0.05) is 61.6 Å². The van der Waals surface area contributed by atoms with Crippen LogP contribution in [0.1, 0.15) is 41.3 Å². The largest absolute Gasteiger partial charge is 0.314 e. The number of hydrogen-bond donors (Lipinski definition) is 1. The van der Waals surface area contributed by atoms with Gasteiger partial charge in [-0.05, 0) is 17.7 Å². The molecule has 4 nitrogen and oxygen atoms in total. The van der Waals surface area contributed by atoms with Crippen molar-refractivity contribution in [1.29, 1.82) is 0 Å². The fraction of sp³-hybridized carbons (Fsp3) is 0.500. The molecule has 1 unspecified atom stereocenters. The first-order valence-corrected chi connectivity index (χ1v) is 8.35. The van der Waals surface area contributed by atoms with E-state index in [1.54, 1.807) is 0 Å².